The van der Waals surface area contributed by atoms with E-state index in [0.717, 1.165) is 11.5 Å². The molecule has 0 saturated carbocycles. The van der Waals surface area contributed by atoms with Crippen molar-refractivity contribution in [2.24, 2.45) is 0 Å². The maximum Gasteiger partial charge on any atom is 0.303 e. The number of rotatable bonds is 7. The summed E-state index contributed by atoms with van der Waals surface area (Å²) in [6.07, 6.45) is 10.9. The van der Waals surface area contributed by atoms with E-state index in [1.165, 1.54) is 12.2 Å². The van der Waals surface area contributed by atoms with E-state index < -0.39 is 5.97 Å². The van der Waals surface area contributed by atoms with E-state index in [9.17, 15) is 14.0 Å². The smallest absolute Gasteiger partial charge is 0.303 e. The van der Waals surface area contributed by atoms with Gasteiger partial charge in [0.05, 0.1) is 22.3 Å². The Kier molecular flexibility index (Phi) is 5.97. The maximum absolute atomic E-state index is 13.5. The van der Waals surface area contributed by atoms with Crippen LogP contribution in [0.5, 0.6) is 0 Å². The zero-order valence-electron chi connectivity index (χ0n) is 17.3. The predicted molar refractivity (Wildman–Crippen MR) is 112 cm³/mol. The van der Waals surface area contributed by atoms with Crippen LogP contribution in [-0.2, 0) is 11.2 Å². The molecule has 2 aromatic heterocycles. The van der Waals surface area contributed by atoms with Gasteiger partial charge in [0.1, 0.15) is 17.4 Å². The quantitative estimate of drug-likeness (QED) is 0.685. The zero-order valence-corrected chi connectivity index (χ0v) is 17.3. The Labute approximate surface area is 177 Å². The standard InChI is InChI=1S/C23H24FN3O4/c1-14-12-19(26-31-14)15-6-11-18-20(13-15)25-21(4-2-3-5-22(28)29)27(23(18)30)17-9-7-16(24)8-10-17/h7-9,11-13,15,17H,2-6,10H2,1H3,(H,28,29). The summed E-state index contributed by atoms with van der Waals surface area (Å²) < 4.78 is 20.3. The van der Waals surface area contributed by atoms with Crippen LogP contribution in [0.2, 0.25) is 0 Å². The molecule has 0 radical (unpaired) electrons. The summed E-state index contributed by atoms with van der Waals surface area (Å²) in [7, 11) is 0. The summed E-state index contributed by atoms with van der Waals surface area (Å²) >= 11 is 0. The highest BCUT2D eigenvalue weighted by molar-refractivity contribution is 5.66. The van der Waals surface area contributed by atoms with Gasteiger partial charge in [-0.25, -0.2) is 9.37 Å². The van der Waals surface area contributed by atoms with E-state index in [-0.39, 0.29) is 29.8 Å². The first-order valence-corrected chi connectivity index (χ1v) is 10.4. The van der Waals surface area contributed by atoms with Gasteiger partial charge in [0.15, 0.2) is 0 Å². The lowest BCUT2D eigenvalue weighted by molar-refractivity contribution is -0.137. The molecule has 0 fully saturated rings. The molecule has 0 spiro atoms. The number of hydrogen-bond acceptors (Lipinski definition) is 5. The maximum atomic E-state index is 13.5. The Hall–Kier alpha value is -3.29. The minimum Gasteiger partial charge on any atom is -0.481 e. The molecule has 0 aromatic carbocycles. The van der Waals surface area contributed by atoms with Gasteiger partial charge >= 0.3 is 5.97 Å². The van der Waals surface area contributed by atoms with E-state index in [0.29, 0.717) is 48.5 Å². The topological polar surface area (TPSA) is 98.2 Å². The van der Waals surface area contributed by atoms with Crippen LogP contribution in [0.25, 0.3) is 12.2 Å². The Morgan fingerprint density at radius 2 is 2.16 bits per heavy atom. The number of aromatic nitrogens is 3. The summed E-state index contributed by atoms with van der Waals surface area (Å²) in [6.45, 7) is 1.83. The summed E-state index contributed by atoms with van der Waals surface area (Å²) in [5.41, 5.74) is 0.638. The molecule has 1 N–H and O–H groups in total. The van der Waals surface area contributed by atoms with Gasteiger partial charge in [-0.2, -0.15) is 0 Å². The number of nitrogens with zero attached hydrogens (tertiary/aromatic N) is 3. The second-order valence-corrected chi connectivity index (χ2v) is 7.93. The highest BCUT2D eigenvalue weighted by Gasteiger charge is 2.21. The van der Waals surface area contributed by atoms with E-state index in [1.807, 2.05) is 25.1 Å². The highest BCUT2D eigenvalue weighted by atomic mass is 19.1. The molecule has 2 heterocycles. The lowest BCUT2D eigenvalue weighted by atomic mass is 9.96. The van der Waals surface area contributed by atoms with Gasteiger partial charge in [0, 0.05) is 24.8 Å². The first-order valence-electron chi connectivity index (χ1n) is 10.4. The summed E-state index contributed by atoms with van der Waals surface area (Å²) in [5, 5.41) is 14.1. The van der Waals surface area contributed by atoms with Gasteiger partial charge in [0.25, 0.3) is 5.56 Å². The van der Waals surface area contributed by atoms with Crippen molar-refractivity contribution in [3.63, 3.8) is 0 Å². The van der Waals surface area contributed by atoms with Crippen LogP contribution in [0.3, 0.4) is 0 Å². The van der Waals surface area contributed by atoms with Crippen LogP contribution in [0.15, 0.2) is 39.4 Å². The average molecular weight is 425 g/mol. The first kappa shape index (κ1) is 21.0. The van der Waals surface area contributed by atoms with Crippen LogP contribution in [0.4, 0.5) is 4.39 Å². The molecule has 7 nitrogen and oxygen atoms in total. The van der Waals surface area contributed by atoms with Gasteiger partial charge in [-0.3, -0.25) is 14.2 Å². The van der Waals surface area contributed by atoms with Crippen LogP contribution in [-0.4, -0.2) is 25.8 Å². The fourth-order valence-corrected chi connectivity index (χ4v) is 4.05. The Morgan fingerprint density at radius 1 is 1.32 bits per heavy atom. The van der Waals surface area contributed by atoms with Gasteiger partial charge < -0.3 is 9.63 Å². The molecular formula is C23H24FN3O4. The summed E-state index contributed by atoms with van der Waals surface area (Å²) in [4.78, 5) is 29.0. The molecule has 31 heavy (non-hydrogen) atoms. The average Bonchev–Trinajstić information content (AvgIpc) is 3.18. The molecule has 8 heteroatoms. The Morgan fingerprint density at radius 3 is 2.84 bits per heavy atom. The molecule has 2 aliphatic carbocycles. The van der Waals surface area contributed by atoms with Crippen LogP contribution < -0.4 is 16.1 Å². The van der Waals surface area contributed by atoms with Crippen LogP contribution in [0, 0.1) is 6.92 Å². The van der Waals surface area contributed by atoms with Crippen LogP contribution in [0.1, 0.15) is 61.3 Å². The fraction of sp³-hybridized carbons (Fsp3) is 0.391. The first-order chi connectivity index (χ1) is 14.9. The molecule has 0 aliphatic heterocycles. The molecule has 2 unspecified atom stereocenters. The lowest BCUT2D eigenvalue weighted by Crippen LogP contribution is -2.50. The number of carbonyl (C=O) groups is 1. The normalized spacial score (nSPS) is 19.9. The largest absolute Gasteiger partial charge is 0.481 e. The van der Waals surface area contributed by atoms with Crippen molar-refractivity contribution in [3.8, 4) is 0 Å². The van der Waals surface area contributed by atoms with Crippen molar-refractivity contribution in [3.05, 3.63) is 68.3 Å². The van der Waals surface area contributed by atoms with E-state index in [1.54, 1.807) is 10.6 Å². The molecule has 2 aliphatic rings. The number of hydrogen-bond donors (Lipinski definition) is 1. The molecule has 2 aromatic rings. The number of carboxylic acids is 1. The fourth-order valence-electron chi connectivity index (χ4n) is 4.05. The summed E-state index contributed by atoms with van der Waals surface area (Å²) in [6, 6.07) is 1.56. The van der Waals surface area contributed by atoms with E-state index in [4.69, 9.17) is 14.6 Å². The lowest BCUT2D eigenvalue weighted by Gasteiger charge is -2.22. The minimum atomic E-state index is -0.847. The Bertz CT molecular complexity index is 1240. The van der Waals surface area contributed by atoms with Gasteiger partial charge in [0.2, 0.25) is 0 Å². The third-order valence-electron chi connectivity index (χ3n) is 5.62. The van der Waals surface area contributed by atoms with Crippen molar-refractivity contribution < 1.29 is 18.8 Å². The van der Waals surface area contributed by atoms with Crippen molar-refractivity contribution in [2.45, 2.75) is 57.4 Å². The van der Waals surface area contributed by atoms with Crippen molar-refractivity contribution in [2.75, 3.05) is 0 Å². The number of aryl methyl sites for hydroxylation is 2. The number of carboxylic acid groups (broad SMARTS) is 1. The third kappa shape index (κ3) is 4.57. The third-order valence-corrected chi connectivity index (χ3v) is 5.62. The molecule has 2 atom stereocenters. The molecule has 162 valence electrons. The number of fused-ring (bicyclic) bond motifs is 1. The van der Waals surface area contributed by atoms with Crippen molar-refractivity contribution >= 4 is 18.1 Å². The zero-order chi connectivity index (χ0) is 22.0. The number of allylic oxidation sites excluding steroid dienone is 4. The van der Waals surface area contributed by atoms with Gasteiger partial charge in [-0.1, -0.05) is 17.3 Å². The van der Waals surface area contributed by atoms with Crippen LogP contribution >= 0.6 is 0 Å². The van der Waals surface area contributed by atoms with E-state index in [2.05, 4.69) is 5.16 Å². The second-order valence-electron chi connectivity index (χ2n) is 7.93. The minimum absolute atomic E-state index is 0.0286. The van der Waals surface area contributed by atoms with Gasteiger partial charge in [-0.05, 0) is 50.8 Å². The molecule has 4 rings (SSSR count). The second kappa shape index (κ2) is 8.83. The summed E-state index contributed by atoms with van der Waals surface area (Å²) in [5.74, 6) is 0.116. The van der Waals surface area contributed by atoms with Crippen molar-refractivity contribution in [1.82, 2.24) is 14.7 Å². The molecular weight excluding hydrogens is 401 g/mol. The molecule has 0 amide bonds. The van der Waals surface area contributed by atoms with E-state index >= 15 is 0 Å². The Balaban J connectivity index is 1.74. The molecule has 0 saturated heterocycles. The molecule has 0 bridgehead atoms. The highest BCUT2D eigenvalue weighted by Crippen LogP contribution is 2.24. The number of unbranched alkanes of at least 4 members (excludes halogenated alkanes) is 1. The predicted octanol–water partition coefficient (Wildman–Crippen LogP) is 2.44. The number of halogens is 1. The monoisotopic (exact) mass is 425 g/mol. The number of aliphatic carboxylic acids is 1. The van der Waals surface area contributed by atoms with Crippen molar-refractivity contribution in [1.29, 1.82) is 0 Å². The SMILES string of the molecule is Cc1cc(C2C=c3nc(CCCCC(=O)O)n(C4C=CC(F)=CC4)c(=O)c3=CC2)no1. The van der Waals surface area contributed by atoms with Gasteiger partial charge in [-0.15, -0.1) is 0 Å².